The zero-order valence-electron chi connectivity index (χ0n) is 46.9. The molecule has 3 aliphatic heterocycles. The van der Waals surface area contributed by atoms with E-state index >= 15 is 0 Å². The largest absolute Gasteiger partial charge is 0.493 e. The first-order valence-electron chi connectivity index (χ1n) is 28.3. The van der Waals surface area contributed by atoms with Crippen LogP contribution in [0.4, 0.5) is 17.1 Å². The van der Waals surface area contributed by atoms with Gasteiger partial charge in [-0.3, -0.25) is 15.0 Å². The van der Waals surface area contributed by atoms with Crippen molar-refractivity contribution in [2.75, 3.05) is 63.3 Å². The van der Waals surface area contributed by atoms with Crippen LogP contribution in [0.25, 0.3) is 11.0 Å². The summed E-state index contributed by atoms with van der Waals surface area (Å²) in [5.41, 5.74) is 4.24. The number of primary sulfonamides is 1. The van der Waals surface area contributed by atoms with Gasteiger partial charge in [-0.15, -0.1) is 0 Å². The molecule has 81 heavy (non-hydrogen) atoms. The number of anilines is 2. The number of carbonyl (C=O) groups is 1. The molecule has 2 aliphatic carbocycles. The molecule has 434 valence electrons. The smallest absolute Gasteiger partial charge is 0.341 e. The van der Waals surface area contributed by atoms with Gasteiger partial charge in [-0.2, -0.15) is 0 Å². The fourth-order valence-electron chi connectivity index (χ4n) is 12.7. The Morgan fingerprint density at radius 2 is 1.74 bits per heavy atom. The number of pyridine rings is 1. The monoisotopic (exact) mass is 1150 g/mol. The first kappa shape index (κ1) is 57.7. The van der Waals surface area contributed by atoms with Gasteiger partial charge in [0.25, 0.3) is 15.7 Å². The second-order valence-electron chi connectivity index (χ2n) is 23.1. The number of esters is 1. The summed E-state index contributed by atoms with van der Waals surface area (Å²) in [6.07, 6.45) is 17.0. The van der Waals surface area contributed by atoms with Gasteiger partial charge in [0.2, 0.25) is 10.0 Å². The highest BCUT2D eigenvalue weighted by Gasteiger charge is 2.50. The Labute approximate surface area is 475 Å². The van der Waals surface area contributed by atoms with Crippen LogP contribution in [0.1, 0.15) is 132 Å². The number of nitro groups is 1. The molecule has 19 nitrogen and oxygen atoms in total. The number of hydrogen-bond acceptors (Lipinski definition) is 16. The Bertz CT molecular complexity index is 3430. The number of methoxy groups -OCH3 is 1. The SMILES string of the molecule is COC(=O)c1ccc(N2CCC3(CC2)CC(N2CCC[C@H]2c2ccccc2C(C)C)C3)cc1Oc1cnc2c(ccn2S(=O)(=O)C2(C)CC=CC=C2O[C@@H](C)CCCOc2cc(S(N)(=O)=O)cc([N+](=O)[O-])c2NCC2CCOCC2)c1. The number of sulfonamides is 1. The quantitative estimate of drug-likeness (QED) is 0.0301. The van der Waals surface area contributed by atoms with Crippen molar-refractivity contribution in [3.8, 4) is 17.2 Å². The molecule has 10 rings (SSSR count). The second-order valence-corrected chi connectivity index (χ2v) is 26.9. The summed E-state index contributed by atoms with van der Waals surface area (Å²) in [7, 11) is -7.23. The molecule has 5 aliphatic rings. The van der Waals surface area contributed by atoms with Crippen molar-refractivity contribution in [2.45, 2.75) is 132 Å². The molecule has 21 heteroatoms. The van der Waals surface area contributed by atoms with Crippen molar-refractivity contribution < 1.29 is 50.2 Å². The minimum atomic E-state index is -4.32. The number of fused-ring (bicyclic) bond motifs is 1. The van der Waals surface area contributed by atoms with E-state index in [1.165, 1.54) is 62.4 Å². The number of carbonyl (C=O) groups excluding carboxylic acids is 1. The van der Waals surface area contributed by atoms with Crippen LogP contribution in [0.15, 0.2) is 108 Å². The number of likely N-dealkylation sites (tertiary alicyclic amines) is 1. The van der Waals surface area contributed by atoms with Crippen LogP contribution in [0.5, 0.6) is 17.2 Å². The van der Waals surface area contributed by atoms with E-state index < -0.39 is 52.4 Å². The molecular formula is C60H75N7O12S2. The Morgan fingerprint density at radius 3 is 2.47 bits per heavy atom. The Balaban J connectivity index is 0.778. The van der Waals surface area contributed by atoms with Gasteiger partial charge in [0.15, 0.2) is 17.1 Å². The van der Waals surface area contributed by atoms with Crippen LogP contribution in [0, 0.1) is 21.4 Å². The highest BCUT2D eigenvalue weighted by atomic mass is 32.2. The molecule has 1 saturated carbocycles. The van der Waals surface area contributed by atoms with Gasteiger partial charge in [-0.05, 0) is 150 Å². The number of benzene rings is 3. The standard InChI is InChI=1S/C60H75N7O12S2/c1-40(2)48-13-6-7-14-49(48)51-15-10-25-65(51)45-36-60(37-45)23-27-64(28-24-60)44-17-18-50(58(68)75-5)53(33-44)79-46-32-43-19-26-66(57(43)63-39-46)81(73,74)59(4)22-9-8-16-55(59)78-41(3)12-11-29-77-54-35-47(80(61,71)72)34-52(67(69)70)56(54)62-38-42-20-30-76-31-21-42/h6-9,13-14,16-19,26,32-35,39-42,45,51,62H,10-12,15,20-25,27-31,36-38H2,1-5H3,(H2,61,71,72)/t41-,51-,59?/m0/s1. The first-order valence-corrected chi connectivity index (χ1v) is 31.3. The third-order valence-corrected chi connectivity index (χ3v) is 20.6. The predicted octanol–water partition coefficient (Wildman–Crippen LogP) is 10.8. The number of aromatic nitrogens is 2. The van der Waals surface area contributed by atoms with Gasteiger partial charge in [0.05, 0.1) is 35.8 Å². The Kier molecular flexibility index (Phi) is 16.9. The summed E-state index contributed by atoms with van der Waals surface area (Å²) in [5, 5.41) is 21.2. The molecule has 0 radical (unpaired) electrons. The second kappa shape index (κ2) is 23.8. The van der Waals surface area contributed by atoms with Gasteiger partial charge in [0, 0.05) is 80.4 Å². The van der Waals surface area contributed by atoms with E-state index in [2.05, 4.69) is 58.2 Å². The lowest BCUT2D eigenvalue weighted by atomic mass is 9.59. The molecule has 5 aromatic rings. The van der Waals surface area contributed by atoms with Crippen molar-refractivity contribution in [2.24, 2.45) is 16.5 Å². The lowest BCUT2D eigenvalue weighted by molar-refractivity contribution is -0.384. The molecule has 1 spiro atoms. The van der Waals surface area contributed by atoms with Crippen molar-refractivity contribution in [3.63, 3.8) is 0 Å². The van der Waals surface area contributed by atoms with E-state index in [0.717, 1.165) is 61.0 Å². The summed E-state index contributed by atoms with van der Waals surface area (Å²) in [5.74, 6) is 0.937. The molecule has 0 amide bonds. The van der Waals surface area contributed by atoms with E-state index in [1.54, 1.807) is 50.3 Å². The number of piperidine rings is 1. The number of nitrogens with one attached hydrogen (secondary N) is 1. The van der Waals surface area contributed by atoms with E-state index in [9.17, 15) is 31.7 Å². The molecule has 4 fully saturated rings. The molecule has 3 N–H and O–H groups in total. The number of nitrogens with zero attached hydrogens (tertiary/aromatic N) is 5. The van der Waals surface area contributed by atoms with Crippen molar-refractivity contribution >= 4 is 54.1 Å². The fourth-order valence-corrected chi connectivity index (χ4v) is 14.9. The number of ether oxygens (including phenoxy) is 5. The van der Waals surface area contributed by atoms with Crippen LogP contribution in [-0.4, -0.2) is 112 Å². The van der Waals surface area contributed by atoms with Crippen LogP contribution < -0.4 is 24.8 Å². The zero-order chi connectivity index (χ0) is 57.3. The zero-order valence-corrected chi connectivity index (χ0v) is 48.5. The number of nitrogens with two attached hydrogens (primary N) is 1. The van der Waals surface area contributed by atoms with Gasteiger partial charge in [-0.25, -0.2) is 35.7 Å². The maximum absolute atomic E-state index is 14.9. The van der Waals surface area contributed by atoms with Crippen molar-refractivity contribution in [1.82, 2.24) is 13.9 Å². The number of hydrogen-bond donors (Lipinski definition) is 2. The van der Waals surface area contributed by atoms with Crippen LogP contribution >= 0.6 is 0 Å². The molecule has 0 bridgehead atoms. The third-order valence-electron chi connectivity index (χ3n) is 17.4. The molecule has 2 aromatic heterocycles. The fraction of sp³-hybridized carbons (Fsp3) is 0.500. The normalized spacial score (nSPS) is 21.2. The third kappa shape index (κ3) is 12.1. The maximum atomic E-state index is 14.9. The highest BCUT2D eigenvalue weighted by molar-refractivity contribution is 7.91. The van der Waals surface area contributed by atoms with Crippen molar-refractivity contribution in [3.05, 3.63) is 130 Å². The maximum Gasteiger partial charge on any atom is 0.341 e. The molecule has 5 heterocycles. The number of nitro benzene ring substituents is 1. The van der Waals surface area contributed by atoms with E-state index in [-0.39, 0.29) is 47.4 Å². The van der Waals surface area contributed by atoms with Crippen LogP contribution in [-0.2, 0) is 34.3 Å². The summed E-state index contributed by atoms with van der Waals surface area (Å²) >= 11 is 0. The predicted molar refractivity (Wildman–Crippen MR) is 310 cm³/mol. The van der Waals surface area contributed by atoms with E-state index in [4.69, 9.17) is 28.8 Å². The van der Waals surface area contributed by atoms with Crippen molar-refractivity contribution in [1.29, 1.82) is 0 Å². The number of allylic oxidation sites excluding steroid dienone is 3. The average Bonchev–Trinajstić information content (AvgIpc) is 4.28. The topological polar surface area (TPSA) is 237 Å². The molecule has 3 aromatic carbocycles. The van der Waals surface area contributed by atoms with E-state index in [1.807, 2.05) is 12.1 Å². The molecule has 3 atom stereocenters. The summed E-state index contributed by atoms with van der Waals surface area (Å²) < 4.78 is 83.6. The first-order chi connectivity index (χ1) is 38.8. The van der Waals surface area contributed by atoms with Gasteiger partial charge in [0.1, 0.15) is 27.6 Å². The molecular weight excluding hydrogens is 1070 g/mol. The van der Waals surface area contributed by atoms with Crippen LogP contribution in [0.3, 0.4) is 0 Å². The molecule has 1 unspecified atom stereocenters. The van der Waals surface area contributed by atoms with E-state index in [0.29, 0.717) is 72.9 Å². The Morgan fingerprint density at radius 1 is 0.975 bits per heavy atom. The summed E-state index contributed by atoms with van der Waals surface area (Å²) in [6, 6.07) is 21.1. The average molecular weight is 1150 g/mol. The summed E-state index contributed by atoms with van der Waals surface area (Å²) in [4.78, 5) is 34.0. The van der Waals surface area contributed by atoms with Gasteiger partial charge < -0.3 is 33.9 Å². The van der Waals surface area contributed by atoms with Crippen LogP contribution in [0.2, 0.25) is 0 Å². The summed E-state index contributed by atoms with van der Waals surface area (Å²) in [6.45, 7) is 12.5. The molecule has 3 saturated heterocycles. The number of rotatable bonds is 21. The van der Waals surface area contributed by atoms with Gasteiger partial charge >= 0.3 is 5.97 Å². The minimum absolute atomic E-state index is 0.0241. The Hall–Kier alpha value is -6.52. The lowest BCUT2D eigenvalue weighted by Gasteiger charge is -2.56. The van der Waals surface area contributed by atoms with Gasteiger partial charge in [-0.1, -0.05) is 50.3 Å². The highest BCUT2D eigenvalue weighted by Crippen LogP contribution is 2.54. The lowest BCUT2D eigenvalue weighted by Crippen LogP contribution is -2.54. The minimum Gasteiger partial charge on any atom is -0.493 e.